The summed E-state index contributed by atoms with van der Waals surface area (Å²) >= 11 is 0. The first-order valence-electron chi connectivity index (χ1n) is 5.84. The summed E-state index contributed by atoms with van der Waals surface area (Å²) in [5, 5.41) is 0. The van der Waals surface area contributed by atoms with Crippen LogP contribution >= 0.6 is 0 Å². The zero-order chi connectivity index (χ0) is 12.5. The molecule has 0 amide bonds. The fourth-order valence-electron chi connectivity index (χ4n) is 2.21. The van der Waals surface area contributed by atoms with Crippen molar-refractivity contribution in [3.8, 4) is 0 Å². The van der Waals surface area contributed by atoms with Gasteiger partial charge >= 0.3 is 0 Å². The smallest absolute Gasteiger partial charge is 0.189 e. The van der Waals surface area contributed by atoms with Crippen LogP contribution < -0.4 is 5.73 Å². The molecule has 1 aliphatic heterocycles. The zero-order valence-corrected chi connectivity index (χ0v) is 10.6. The molecule has 0 spiro atoms. The van der Waals surface area contributed by atoms with Gasteiger partial charge in [0.2, 0.25) is 0 Å². The van der Waals surface area contributed by atoms with Crippen LogP contribution in [0.15, 0.2) is 24.1 Å². The summed E-state index contributed by atoms with van der Waals surface area (Å²) < 4.78 is 12.3. The van der Waals surface area contributed by atoms with Gasteiger partial charge in [0.05, 0.1) is 11.4 Å². The second kappa shape index (κ2) is 2.70. The highest BCUT2D eigenvalue weighted by atomic mass is 16.6. The highest BCUT2D eigenvalue weighted by molar-refractivity contribution is 5.58. The maximum atomic E-state index is 6.25. The lowest BCUT2D eigenvalue weighted by atomic mass is 9.87. The number of nitrogens with one attached hydrogen (secondary N) is 1. The van der Waals surface area contributed by atoms with Crippen LogP contribution in [0.5, 0.6) is 0 Å². The fourth-order valence-corrected chi connectivity index (χ4v) is 2.21. The number of nitrogen functional groups attached to an aromatic ring is 1. The highest BCUT2D eigenvalue weighted by Gasteiger charge is 2.63. The lowest BCUT2D eigenvalue weighted by Gasteiger charge is -2.47. The van der Waals surface area contributed by atoms with Gasteiger partial charge in [0.25, 0.3) is 0 Å². The molecule has 92 valence electrons. The van der Waals surface area contributed by atoms with Crippen molar-refractivity contribution in [2.24, 2.45) is 0 Å². The summed E-state index contributed by atoms with van der Waals surface area (Å²) in [5.41, 5.74) is 6.22. The van der Waals surface area contributed by atoms with Gasteiger partial charge in [-0.05, 0) is 33.8 Å². The number of anilines is 1. The average molecular weight is 234 g/mol. The SMILES string of the molecule is CC1(C)OC2=CC2(c2[nH]ccc2N)OC1(C)C. The molecular formula is C13H18N2O2. The predicted octanol–water partition coefficient (Wildman–Crippen LogP) is 2.29. The number of H-pyrrole nitrogens is 1. The minimum Gasteiger partial charge on any atom is -0.486 e. The maximum absolute atomic E-state index is 6.25. The van der Waals surface area contributed by atoms with Crippen molar-refractivity contribution >= 4 is 5.69 Å². The molecule has 1 aromatic heterocycles. The molecule has 0 bridgehead atoms. The van der Waals surface area contributed by atoms with Crippen molar-refractivity contribution in [3.05, 3.63) is 29.8 Å². The van der Waals surface area contributed by atoms with Crippen molar-refractivity contribution in [1.82, 2.24) is 4.98 Å². The molecule has 1 aliphatic carbocycles. The van der Waals surface area contributed by atoms with Crippen LogP contribution in [0.1, 0.15) is 33.4 Å². The molecule has 0 saturated carbocycles. The van der Waals surface area contributed by atoms with Crippen LogP contribution in [0.2, 0.25) is 0 Å². The molecule has 1 aromatic rings. The first kappa shape index (κ1) is 10.7. The fraction of sp³-hybridized carbons (Fsp3) is 0.538. The van der Waals surface area contributed by atoms with Gasteiger partial charge in [-0.25, -0.2) is 0 Å². The molecule has 0 radical (unpaired) electrons. The number of nitrogens with two attached hydrogens (primary N) is 1. The van der Waals surface area contributed by atoms with Crippen LogP contribution in [-0.2, 0) is 15.1 Å². The zero-order valence-electron chi connectivity index (χ0n) is 10.6. The minimum atomic E-state index is -0.563. The Kier molecular flexibility index (Phi) is 1.70. The van der Waals surface area contributed by atoms with Crippen LogP contribution in [0.4, 0.5) is 5.69 Å². The van der Waals surface area contributed by atoms with Crippen LogP contribution in [-0.4, -0.2) is 16.2 Å². The first-order chi connectivity index (χ1) is 7.79. The molecule has 2 aliphatic rings. The summed E-state index contributed by atoms with van der Waals surface area (Å²) in [5.74, 6) is 0.857. The molecule has 4 heteroatoms. The van der Waals surface area contributed by atoms with Gasteiger partial charge in [-0.1, -0.05) is 0 Å². The monoisotopic (exact) mass is 234 g/mol. The van der Waals surface area contributed by atoms with Crippen molar-refractivity contribution in [1.29, 1.82) is 0 Å². The van der Waals surface area contributed by atoms with E-state index in [-0.39, 0.29) is 11.2 Å². The summed E-state index contributed by atoms with van der Waals surface area (Å²) in [6.45, 7) is 8.15. The first-order valence-corrected chi connectivity index (χ1v) is 5.84. The largest absolute Gasteiger partial charge is 0.486 e. The molecule has 1 atom stereocenters. The second-order valence-corrected chi connectivity index (χ2v) is 5.78. The number of hydrogen-bond donors (Lipinski definition) is 2. The second-order valence-electron chi connectivity index (χ2n) is 5.78. The number of aromatic amines is 1. The van der Waals surface area contributed by atoms with Gasteiger partial charge in [-0.2, -0.15) is 0 Å². The molecule has 1 fully saturated rings. The molecule has 0 aromatic carbocycles. The van der Waals surface area contributed by atoms with Gasteiger partial charge in [0.15, 0.2) is 5.60 Å². The van der Waals surface area contributed by atoms with Gasteiger partial charge < -0.3 is 20.2 Å². The Morgan fingerprint density at radius 3 is 2.47 bits per heavy atom. The highest BCUT2D eigenvalue weighted by Crippen LogP contribution is 2.58. The van der Waals surface area contributed by atoms with Gasteiger partial charge in [-0.15, -0.1) is 0 Å². The quantitative estimate of drug-likeness (QED) is 0.783. The number of rotatable bonds is 1. The number of aromatic nitrogens is 1. The van der Waals surface area contributed by atoms with Crippen molar-refractivity contribution in [3.63, 3.8) is 0 Å². The summed E-state index contributed by atoms with van der Waals surface area (Å²) in [4.78, 5) is 3.14. The third-order valence-electron chi connectivity index (χ3n) is 4.00. The Bertz CT molecular complexity index is 513. The van der Waals surface area contributed by atoms with Crippen molar-refractivity contribution < 1.29 is 9.47 Å². The van der Waals surface area contributed by atoms with Gasteiger partial charge in [-0.3, -0.25) is 0 Å². The van der Waals surface area contributed by atoms with E-state index in [1.165, 1.54) is 0 Å². The third-order valence-corrected chi connectivity index (χ3v) is 4.00. The van der Waals surface area contributed by atoms with E-state index in [1.807, 2.05) is 46.0 Å². The molecule has 3 N–H and O–H groups in total. The summed E-state index contributed by atoms with van der Waals surface area (Å²) in [6.07, 6.45) is 3.80. The Labute approximate surface area is 101 Å². The van der Waals surface area contributed by atoms with Gasteiger partial charge in [0, 0.05) is 12.3 Å². The maximum Gasteiger partial charge on any atom is 0.189 e. The Hall–Kier alpha value is -1.42. The Morgan fingerprint density at radius 1 is 1.18 bits per heavy atom. The minimum absolute atomic E-state index is 0.347. The van der Waals surface area contributed by atoms with E-state index in [1.54, 1.807) is 0 Å². The Morgan fingerprint density at radius 2 is 1.88 bits per heavy atom. The van der Waals surface area contributed by atoms with E-state index in [9.17, 15) is 0 Å². The third kappa shape index (κ3) is 1.21. The number of ether oxygens (including phenoxy) is 2. The van der Waals surface area contributed by atoms with Crippen molar-refractivity contribution in [2.45, 2.75) is 44.5 Å². The van der Waals surface area contributed by atoms with E-state index in [0.29, 0.717) is 5.69 Å². The van der Waals surface area contributed by atoms with Crippen LogP contribution in [0, 0.1) is 0 Å². The van der Waals surface area contributed by atoms with E-state index in [2.05, 4.69) is 4.98 Å². The number of fused-ring (bicyclic) bond motifs is 1. The number of hydrogen-bond acceptors (Lipinski definition) is 3. The molecule has 17 heavy (non-hydrogen) atoms. The van der Waals surface area contributed by atoms with Gasteiger partial charge in [0.1, 0.15) is 17.0 Å². The van der Waals surface area contributed by atoms with E-state index >= 15 is 0 Å². The van der Waals surface area contributed by atoms with Crippen LogP contribution in [0.25, 0.3) is 0 Å². The van der Waals surface area contributed by atoms with E-state index in [0.717, 1.165) is 11.5 Å². The molecular weight excluding hydrogens is 216 g/mol. The van der Waals surface area contributed by atoms with Crippen molar-refractivity contribution in [2.75, 3.05) is 5.73 Å². The Balaban J connectivity index is 1.99. The van der Waals surface area contributed by atoms with Crippen LogP contribution in [0.3, 0.4) is 0 Å². The molecule has 2 heterocycles. The summed E-state index contributed by atoms with van der Waals surface area (Å²) in [7, 11) is 0. The average Bonchev–Trinajstić information content (AvgIpc) is 2.67. The normalized spacial score (nSPS) is 32.4. The molecule has 1 unspecified atom stereocenters. The molecule has 1 saturated heterocycles. The standard InChI is InChI=1S/C13H18N2O2/c1-11(2)12(3,4)17-13(7-9(13)16-11)10-8(14)5-6-15-10/h5-7,15H,14H2,1-4H3. The summed E-state index contributed by atoms with van der Waals surface area (Å²) in [6, 6.07) is 1.84. The molecule has 4 nitrogen and oxygen atoms in total. The van der Waals surface area contributed by atoms with E-state index in [4.69, 9.17) is 15.2 Å². The lowest BCUT2D eigenvalue weighted by Crippen LogP contribution is -2.55. The topological polar surface area (TPSA) is 60.3 Å². The van der Waals surface area contributed by atoms with E-state index < -0.39 is 5.60 Å². The predicted molar refractivity (Wildman–Crippen MR) is 65.3 cm³/mol. The lowest BCUT2D eigenvalue weighted by molar-refractivity contribution is -0.236. The molecule has 3 rings (SSSR count).